The van der Waals surface area contributed by atoms with Crippen LogP contribution >= 0.6 is 0 Å². The van der Waals surface area contributed by atoms with Gasteiger partial charge in [-0.25, -0.2) is 4.68 Å². The fraction of sp³-hybridized carbons (Fsp3) is 0.565. The zero-order valence-electron chi connectivity index (χ0n) is 17.5. The Balaban J connectivity index is 1.45. The molecule has 2 aromatic rings. The average molecular weight is 397 g/mol. The summed E-state index contributed by atoms with van der Waals surface area (Å²) in [6, 6.07) is 8.46. The normalized spacial score (nSPS) is 21.5. The van der Waals surface area contributed by atoms with E-state index in [1.54, 1.807) is 10.7 Å². The molecule has 1 aromatic carbocycles. The van der Waals surface area contributed by atoms with Gasteiger partial charge in [0.1, 0.15) is 0 Å². The van der Waals surface area contributed by atoms with Crippen LogP contribution in [0.4, 0.5) is 5.69 Å². The van der Waals surface area contributed by atoms with Crippen LogP contribution in [0.15, 0.2) is 35.3 Å². The van der Waals surface area contributed by atoms with Crippen molar-refractivity contribution < 1.29 is 5.11 Å². The van der Waals surface area contributed by atoms with Gasteiger partial charge in [0.2, 0.25) is 0 Å². The molecule has 2 saturated heterocycles. The molecule has 1 atom stereocenters. The minimum absolute atomic E-state index is 0.0211. The molecule has 6 heteroatoms. The molecular weight excluding hydrogens is 364 g/mol. The Morgan fingerprint density at radius 1 is 1.10 bits per heavy atom. The molecule has 29 heavy (non-hydrogen) atoms. The van der Waals surface area contributed by atoms with E-state index < -0.39 is 0 Å². The monoisotopic (exact) mass is 396 g/mol. The Hall–Kier alpha value is -2.18. The van der Waals surface area contributed by atoms with Crippen LogP contribution in [0.3, 0.4) is 0 Å². The predicted molar refractivity (Wildman–Crippen MR) is 115 cm³/mol. The summed E-state index contributed by atoms with van der Waals surface area (Å²) in [6.07, 6.45) is 5.17. The third-order valence-corrected chi connectivity index (χ3v) is 6.37. The number of hydrogen-bond acceptors (Lipinski definition) is 5. The summed E-state index contributed by atoms with van der Waals surface area (Å²) in [4.78, 5) is 17.4. The first-order valence-corrected chi connectivity index (χ1v) is 10.8. The predicted octanol–water partition coefficient (Wildman–Crippen LogP) is 2.66. The van der Waals surface area contributed by atoms with Crippen LogP contribution in [0, 0.1) is 13.8 Å². The number of aliphatic hydroxyl groups is 1. The first-order chi connectivity index (χ1) is 14.0. The van der Waals surface area contributed by atoms with Crippen LogP contribution in [0.5, 0.6) is 0 Å². The molecule has 1 aromatic heterocycles. The second kappa shape index (κ2) is 8.67. The zero-order valence-corrected chi connectivity index (χ0v) is 17.5. The molecule has 0 amide bonds. The van der Waals surface area contributed by atoms with Crippen molar-refractivity contribution in [2.45, 2.75) is 58.2 Å². The van der Waals surface area contributed by atoms with Gasteiger partial charge in [-0.05, 0) is 57.2 Å². The highest BCUT2D eigenvalue weighted by Gasteiger charge is 2.24. The Morgan fingerprint density at radius 3 is 2.66 bits per heavy atom. The third kappa shape index (κ3) is 4.70. The molecule has 6 nitrogen and oxygen atoms in total. The molecule has 0 aliphatic carbocycles. The number of benzene rings is 1. The first-order valence-electron chi connectivity index (χ1n) is 10.8. The number of aliphatic hydroxyl groups excluding tert-OH is 1. The molecule has 2 aliphatic heterocycles. The van der Waals surface area contributed by atoms with Gasteiger partial charge in [0.15, 0.2) is 0 Å². The molecule has 0 spiro atoms. The maximum atomic E-state index is 12.8. The van der Waals surface area contributed by atoms with Gasteiger partial charge in [-0.3, -0.25) is 9.69 Å². The van der Waals surface area contributed by atoms with Crippen molar-refractivity contribution in [1.29, 1.82) is 0 Å². The summed E-state index contributed by atoms with van der Waals surface area (Å²) < 4.78 is 1.68. The summed E-state index contributed by atoms with van der Waals surface area (Å²) in [5, 5.41) is 14.2. The fourth-order valence-electron chi connectivity index (χ4n) is 4.57. The third-order valence-electron chi connectivity index (χ3n) is 6.37. The number of piperidine rings is 2. The van der Waals surface area contributed by atoms with Crippen molar-refractivity contribution in [3.8, 4) is 0 Å². The molecular formula is C23H32N4O2. The molecule has 0 saturated carbocycles. The van der Waals surface area contributed by atoms with Crippen molar-refractivity contribution in [3.63, 3.8) is 0 Å². The summed E-state index contributed by atoms with van der Waals surface area (Å²) in [5.74, 6) is 0. The van der Waals surface area contributed by atoms with Crippen LogP contribution in [0.25, 0.3) is 0 Å². The number of anilines is 1. The molecule has 3 heterocycles. The van der Waals surface area contributed by atoms with E-state index in [0.29, 0.717) is 0 Å². The van der Waals surface area contributed by atoms with Crippen LogP contribution in [-0.4, -0.2) is 52.1 Å². The van der Waals surface area contributed by atoms with Gasteiger partial charge in [0, 0.05) is 32.2 Å². The van der Waals surface area contributed by atoms with Crippen LogP contribution in [0.1, 0.15) is 48.4 Å². The van der Waals surface area contributed by atoms with Gasteiger partial charge >= 0.3 is 0 Å². The molecule has 4 rings (SSSR count). The summed E-state index contributed by atoms with van der Waals surface area (Å²) >= 11 is 0. The Labute approximate surface area is 172 Å². The smallest absolute Gasteiger partial charge is 0.269 e. The molecule has 0 unspecified atom stereocenters. The van der Waals surface area contributed by atoms with Gasteiger partial charge in [0.25, 0.3) is 5.56 Å². The SMILES string of the molecule is Cc1ccc(C)c(CN2CCC[C@@H](n3ncc(N4CCC(O)CC4)cc3=O)C2)c1. The van der Waals surface area contributed by atoms with E-state index >= 15 is 0 Å². The second-order valence-corrected chi connectivity index (χ2v) is 8.68. The number of likely N-dealkylation sites (tertiary alicyclic amines) is 1. The number of aryl methyl sites for hydroxylation is 2. The van der Waals surface area contributed by atoms with E-state index in [1.807, 2.05) is 6.20 Å². The highest BCUT2D eigenvalue weighted by Crippen LogP contribution is 2.23. The summed E-state index contributed by atoms with van der Waals surface area (Å²) in [6.45, 7) is 8.70. The topological polar surface area (TPSA) is 61.6 Å². The molecule has 0 bridgehead atoms. The maximum Gasteiger partial charge on any atom is 0.269 e. The molecule has 0 radical (unpaired) electrons. The van der Waals surface area contributed by atoms with E-state index in [1.165, 1.54) is 16.7 Å². The summed E-state index contributed by atoms with van der Waals surface area (Å²) in [5.41, 5.74) is 4.84. The number of aromatic nitrogens is 2. The Kier molecular flexibility index (Phi) is 6.01. The van der Waals surface area contributed by atoms with Gasteiger partial charge in [-0.2, -0.15) is 5.10 Å². The summed E-state index contributed by atoms with van der Waals surface area (Å²) in [7, 11) is 0. The standard InChI is InChI=1S/C23H32N4O2/c1-17-5-6-18(2)19(12-17)15-25-9-3-4-20(16-25)27-23(29)13-21(14-24-27)26-10-7-22(28)8-11-26/h5-6,12-14,20,22,28H,3-4,7-11,15-16H2,1-2H3/t20-/m1/s1. The second-order valence-electron chi connectivity index (χ2n) is 8.68. The molecule has 2 fully saturated rings. The van der Waals surface area contributed by atoms with E-state index in [0.717, 1.165) is 64.1 Å². The van der Waals surface area contributed by atoms with E-state index in [2.05, 4.69) is 46.9 Å². The van der Waals surface area contributed by atoms with E-state index in [-0.39, 0.29) is 17.7 Å². The average Bonchev–Trinajstić information content (AvgIpc) is 2.71. The highest BCUT2D eigenvalue weighted by atomic mass is 16.3. The van der Waals surface area contributed by atoms with Crippen molar-refractivity contribution in [2.24, 2.45) is 0 Å². The number of hydrogen-bond donors (Lipinski definition) is 1. The van der Waals surface area contributed by atoms with Crippen molar-refractivity contribution in [2.75, 3.05) is 31.1 Å². The Bertz CT molecular complexity index is 902. The first kappa shape index (κ1) is 20.1. The van der Waals surface area contributed by atoms with Gasteiger partial charge in [0.05, 0.1) is 24.0 Å². The number of rotatable bonds is 4. The minimum Gasteiger partial charge on any atom is -0.393 e. The van der Waals surface area contributed by atoms with Gasteiger partial charge in [-0.1, -0.05) is 23.8 Å². The molecule has 156 valence electrons. The maximum absolute atomic E-state index is 12.8. The Morgan fingerprint density at radius 2 is 1.90 bits per heavy atom. The number of nitrogens with zero attached hydrogens (tertiary/aromatic N) is 4. The lowest BCUT2D eigenvalue weighted by Crippen LogP contribution is -2.41. The molecule has 2 aliphatic rings. The lowest BCUT2D eigenvalue weighted by atomic mass is 10.0. The van der Waals surface area contributed by atoms with Crippen molar-refractivity contribution in [1.82, 2.24) is 14.7 Å². The van der Waals surface area contributed by atoms with Crippen LogP contribution in [-0.2, 0) is 6.54 Å². The lowest BCUT2D eigenvalue weighted by molar-refractivity contribution is 0.145. The van der Waals surface area contributed by atoms with Gasteiger partial charge in [-0.15, -0.1) is 0 Å². The van der Waals surface area contributed by atoms with Crippen LogP contribution < -0.4 is 10.5 Å². The molecule has 1 N–H and O–H groups in total. The van der Waals surface area contributed by atoms with Gasteiger partial charge < -0.3 is 10.0 Å². The zero-order chi connectivity index (χ0) is 20.4. The lowest BCUT2D eigenvalue weighted by Gasteiger charge is -2.34. The highest BCUT2D eigenvalue weighted by molar-refractivity contribution is 5.43. The van der Waals surface area contributed by atoms with Crippen molar-refractivity contribution >= 4 is 5.69 Å². The largest absolute Gasteiger partial charge is 0.393 e. The van der Waals surface area contributed by atoms with Crippen molar-refractivity contribution in [3.05, 3.63) is 57.5 Å². The minimum atomic E-state index is -0.218. The van der Waals surface area contributed by atoms with Crippen LogP contribution in [0.2, 0.25) is 0 Å². The van der Waals surface area contributed by atoms with E-state index in [4.69, 9.17) is 0 Å². The fourth-order valence-corrected chi connectivity index (χ4v) is 4.57. The quantitative estimate of drug-likeness (QED) is 0.861. The van der Waals surface area contributed by atoms with E-state index in [9.17, 15) is 9.90 Å².